The van der Waals surface area contributed by atoms with Crippen molar-refractivity contribution in [3.05, 3.63) is 12.2 Å². The van der Waals surface area contributed by atoms with Gasteiger partial charge >= 0.3 is 11.9 Å². The Morgan fingerprint density at radius 1 is 1.50 bits per heavy atom. The highest BCUT2D eigenvalue weighted by Gasteiger charge is 2.65. The van der Waals surface area contributed by atoms with E-state index in [1.807, 2.05) is 0 Å². The molecule has 86 valence electrons. The summed E-state index contributed by atoms with van der Waals surface area (Å²) in [7, 11) is 0. The SMILES string of the molecule is C=C(C)C(=O)O[C@H]1C2CC3C(=O)OC1C3O2. The molecule has 0 N–H and O–H groups in total. The van der Waals surface area contributed by atoms with Crippen LogP contribution in [0.1, 0.15) is 13.3 Å². The molecule has 3 heterocycles. The van der Waals surface area contributed by atoms with Gasteiger partial charge in [0.2, 0.25) is 0 Å². The van der Waals surface area contributed by atoms with E-state index in [1.165, 1.54) is 0 Å². The maximum Gasteiger partial charge on any atom is 0.333 e. The van der Waals surface area contributed by atoms with Gasteiger partial charge in [-0.15, -0.1) is 0 Å². The molecule has 5 nitrogen and oxygen atoms in total. The number of fused-ring (bicyclic) bond motifs is 1. The molecule has 0 radical (unpaired) electrons. The summed E-state index contributed by atoms with van der Waals surface area (Å²) in [6.07, 6.45) is -0.708. The van der Waals surface area contributed by atoms with E-state index in [0.29, 0.717) is 12.0 Å². The third-order valence-corrected chi connectivity index (χ3v) is 3.38. The predicted molar refractivity (Wildman–Crippen MR) is 51.3 cm³/mol. The van der Waals surface area contributed by atoms with Crippen LogP contribution in [-0.4, -0.2) is 36.4 Å². The first kappa shape index (κ1) is 9.84. The summed E-state index contributed by atoms with van der Waals surface area (Å²) >= 11 is 0. The van der Waals surface area contributed by atoms with E-state index in [4.69, 9.17) is 14.2 Å². The molecule has 3 fully saturated rings. The summed E-state index contributed by atoms with van der Waals surface area (Å²) in [6, 6.07) is 0. The van der Waals surface area contributed by atoms with Gasteiger partial charge in [0.15, 0.2) is 12.2 Å². The molecule has 4 unspecified atom stereocenters. The molecule has 3 aliphatic heterocycles. The molecular formula is C11H12O5. The minimum atomic E-state index is -0.461. The zero-order valence-corrected chi connectivity index (χ0v) is 8.84. The lowest BCUT2D eigenvalue weighted by Crippen LogP contribution is -2.40. The van der Waals surface area contributed by atoms with Crippen LogP contribution in [0.4, 0.5) is 0 Å². The molecule has 3 saturated heterocycles. The normalized spacial score (nSPS) is 43.3. The molecule has 0 aromatic carbocycles. The first-order chi connectivity index (χ1) is 7.58. The largest absolute Gasteiger partial charge is 0.455 e. The summed E-state index contributed by atoms with van der Waals surface area (Å²) in [5.74, 6) is -0.846. The highest BCUT2D eigenvalue weighted by molar-refractivity contribution is 5.87. The Morgan fingerprint density at radius 3 is 2.94 bits per heavy atom. The first-order valence-corrected chi connectivity index (χ1v) is 5.30. The van der Waals surface area contributed by atoms with Gasteiger partial charge in [0.25, 0.3) is 0 Å². The van der Waals surface area contributed by atoms with Crippen molar-refractivity contribution >= 4 is 11.9 Å². The third kappa shape index (κ3) is 1.15. The Labute approximate surface area is 92.3 Å². The lowest BCUT2D eigenvalue weighted by Gasteiger charge is -2.22. The van der Waals surface area contributed by atoms with Crippen molar-refractivity contribution in [2.75, 3.05) is 0 Å². The molecule has 5 atom stereocenters. The number of hydrogen-bond acceptors (Lipinski definition) is 5. The van der Waals surface area contributed by atoms with Crippen molar-refractivity contribution in [2.45, 2.75) is 37.8 Å². The van der Waals surface area contributed by atoms with E-state index < -0.39 is 18.2 Å². The number of esters is 2. The van der Waals surface area contributed by atoms with E-state index in [1.54, 1.807) is 6.92 Å². The van der Waals surface area contributed by atoms with Crippen LogP contribution >= 0.6 is 0 Å². The molecule has 0 spiro atoms. The second-order valence-electron chi connectivity index (χ2n) is 4.53. The van der Waals surface area contributed by atoms with Gasteiger partial charge in [-0.1, -0.05) is 6.58 Å². The second-order valence-corrected chi connectivity index (χ2v) is 4.53. The van der Waals surface area contributed by atoms with Crippen molar-refractivity contribution in [1.29, 1.82) is 0 Å². The molecular weight excluding hydrogens is 212 g/mol. The van der Waals surface area contributed by atoms with Crippen molar-refractivity contribution < 1.29 is 23.8 Å². The van der Waals surface area contributed by atoms with Crippen LogP contribution in [0.5, 0.6) is 0 Å². The van der Waals surface area contributed by atoms with Gasteiger partial charge < -0.3 is 14.2 Å². The zero-order chi connectivity index (χ0) is 11.4. The maximum atomic E-state index is 11.4. The van der Waals surface area contributed by atoms with Gasteiger partial charge in [-0.05, 0) is 13.3 Å². The van der Waals surface area contributed by atoms with Crippen molar-refractivity contribution in [3.63, 3.8) is 0 Å². The fraction of sp³-hybridized carbons (Fsp3) is 0.636. The quantitative estimate of drug-likeness (QED) is 0.495. The maximum absolute atomic E-state index is 11.4. The predicted octanol–water partition coefficient (Wildman–Crippen LogP) is 0.187. The van der Waals surface area contributed by atoms with Gasteiger partial charge in [0, 0.05) is 5.57 Å². The fourth-order valence-electron chi connectivity index (χ4n) is 2.61. The van der Waals surface area contributed by atoms with Gasteiger partial charge in [-0.3, -0.25) is 4.79 Å². The monoisotopic (exact) mass is 224 g/mol. The van der Waals surface area contributed by atoms with Crippen molar-refractivity contribution in [3.8, 4) is 0 Å². The first-order valence-electron chi connectivity index (χ1n) is 5.30. The molecule has 3 rings (SSSR count). The van der Waals surface area contributed by atoms with E-state index in [9.17, 15) is 9.59 Å². The average Bonchev–Trinajstić information content (AvgIpc) is 2.81. The molecule has 3 aliphatic rings. The number of ether oxygens (including phenoxy) is 3. The Bertz CT molecular complexity index is 388. The molecule has 0 aromatic rings. The van der Waals surface area contributed by atoms with Crippen LogP contribution in [0.25, 0.3) is 0 Å². The van der Waals surface area contributed by atoms with E-state index >= 15 is 0 Å². The van der Waals surface area contributed by atoms with Crippen molar-refractivity contribution in [2.24, 2.45) is 5.92 Å². The van der Waals surface area contributed by atoms with Gasteiger partial charge in [0.05, 0.1) is 12.0 Å². The molecule has 0 saturated carbocycles. The van der Waals surface area contributed by atoms with Crippen LogP contribution in [0.2, 0.25) is 0 Å². The summed E-state index contributed by atoms with van der Waals surface area (Å²) in [4.78, 5) is 22.8. The van der Waals surface area contributed by atoms with E-state index in [2.05, 4.69) is 6.58 Å². The Kier molecular flexibility index (Phi) is 1.89. The average molecular weight is 224 g/mol. The minimum absolute atomic E-state index is 0.158. The second kappa shape index (κ2) is 3.07. The van der Waals surface area contributed by atoms with E-state index in [-0.39, 0.29) is 24.1 Å². The highest BCUT2D eigenvalue weighted by Crippen LogP contribution is 2.47. The molecule has 2 bridgehead atoms. The molecule has 0 amide bonds. The lowest BCUT2D eigenvalue weighted by molar-refractivity contribution is -0.157. The van der Waals surface area contributed by atoms with Gasteiger partial charge in [-0.25, -0.2) is 4.79 Å². The van der Waals surface area contributed by atoms with Crippen molar-refractivity contribution in [1.82, 2.24) is 0 Å². The molecule has 5 heteroatoms. The van der Waals surface area contributed by atoms with Crippen LogP contribution in [-0.2, 0) is 23.8 Å². The van der Waals surface area contributed by atoms with E-state index in [0.717, 1.165) is 0 Å². The summed E-state index contributed by atoms with van der Waals surface area (Å²) < 4.78 is 16.0. The highest BCUT2D eigenvalue weighted by atomic mass is 16.7. The topological polar surface area (TPSA) is 61.8 Å². The number of rotatable bonds is 2. The summed E-state index contributed by atoms with van der Waals surface area (Å²) in [5, 5.41) is 0. The Hall–Kier alpha value is -1.36. The van der Waals surface area contributed by atoms with Crippen LogP contribution < -0.4 is 0 Å². The Balaban J connectivity index is 1.77. The molecule has 0 aromatic heterocycles. The van der Waals surface area contributed by atoms with Gasteiger partial charge in [-0.2, -0.15) is 0 Å². The van der Waals surface area contributed by atoms with Crippen LogP contribution in [0.3, 0.4) is 0 Å². The standard InChI is InChI=1S/C11H12O5/c1-4(2)10(12)15-8-6-3-5-7(14-6)9(8)16-11(5)13/h5-9H,1,3H2,2H3/t5?,6?,7?,8-,9?/m0/s1. The number of carbonyl (C=O) groups is 2. The number of carbonyl (C=O) groups excluding carboxylic acids is 2. The molecule has 0 aliphatic carbocycles. The lowest BCUT2D eigenvalue weighted by atomic mass is 9.88. The fourth-order valence-corrected chi connectivity index (χ4v) is 2.61. The van der Waals surface area contributed by atoms with Gasteiger partial charge in [0.1, 0.15) is 6.10 Å². The summed E-state index contributed by atoms with van der Waals surface area (Å²) in [6.45, 7) is 5.10. The number of hydrogen-bond donors (Lipinski definition) is 0. The summed E-state index contributed by atoms with van der Waals surface area (Å²) in [5.41, 5.74) is 0.337. The minimum Gasteiger partial charge on any atom is -0.455 e. The van der Waals surface area contributed by atoms with Crippen LogP contribution in [0.15, 0.2) is 12.2 Å². The Morgan fingerprint density at radius 2 is 2.25 bits per heavy atom. The third-order valence-electron chi connectivity index (χ3n) is 3.38. The smallest absolute Gasteiger partial charge is 0.333 e. The molecule has 16 heavy (non-hydrogen) atoms. The zero-order valence-electron chi connectivity index (χ0n) is 8.84. The van der Waals surface area contributed by atoms with Crippen LogP contribution in [0, 0.1) is 5.92 Å².